The predicted molar refractivity (Wildman–Crippen MR) is 72.9 cm³/mol. The van der Waals surface area contributed by atoms with E-state index in [-0.39, 0.29) is 17.5 Å². The van der Waals surface area contributed by atoms with Gasteiger partial charge in [0.15, 0.2) is 5.69 Å². The number of rotatable bonds is 4. The highest BCUT2D eigenvalue weighted by Gasteiger charge is 2.16. The summed E-state index contributed by atoms with van der Waals surface area (Å²) >= 11 is 0. The number of methoxy groups -OCH3 is 1. The molecule has 0 bridgehead atoms. The van der Waals surface area contributed by atoms with Crippen molar-refractivity contribution in [2.75, 3.05) is 19.5 Å². The van der Waals surface area contributed by atoms with Crippen LogP contribution in [0.1, 0.15) is 20.8 Å². The Balaban J connectivity index is 2.15. The Morgan fingerprint density at radius 2 is 1.90 bits per heavy atom. The quantitative estimate of drug-likeness (QED) is 0.775. The lowest BCUT2D eigenvalue weighted by Gasteiger charge is -2.05. The van der Waals surface area contributed by atoms with E-state index >= 15 is 0 Å². The van der Waals surface area contributed by atoms with Crippen LogP contribution in [0.3, 0.4) is 0 Å². The van der Waals surface area contributed by atoms with E-state index in [1.807, 2.05) is 0 Å². The summed E-state index contributed by atoms with van der Waals surface area (Å²) in [7, 11) is 3.04. The number of nitrogens with one attached hydrogen (secondary N) is 3. The van der Waals surface area contributed by atoms with Crippen molar-refractivity contribution >= 4 is 17.5 Å². The molecule has 1 aromatic carbocycles. The summed E-state index contributed by atoms with van der Waals surface area (Å²) in [6, 6.07) is 6.63. The molecule has 1 aromatic heterocycles. The summed E-state index contributed by atoms with van der Waals surface area (Å²) in [6.07, 6.45) is 1.45. The average Bonchev–Trinajstić information content (AvgIpc) is 2.94. The Morgan fingerprint density at radius 3 is 2.50 bits per heavy atom. The molecule has 0 aliphatic heterocycles. The molecule has 0 radical (unpaired) electrons. The van der Waals surface area contributed by atoms with E-state index in [4.69, 9.17) is 4.74 Å². The summed E-state index contributed by atoms with van der Waals surface area (Å²) in [6.45, 7) is 0. The molecule has 0 atom stereocenters. The number of aromatic amines is 1. The molecular formula is C13H14N4O3. The van der Waals surface area contributed by atoms with Crippen LogP contribution >= 0.6 is 0 Å². The number of anilines is 1. The first-order valence-electron chi connectivity index (χ1n) is 5.87. The lowest BCUT2D eigenvalue weighted by molar-refractivity contribution is 0.0959. The number of carbonyl (C=O) groups is 2. The van der Waals surface area contributed by atoms with Gasteiger partial charge in [-0.1, -0.05) is 0 Å². The zero-order valence-electron chi connectivity index (χ0n) is 11.1. The maximum Gasteiger partial charge on any atom is 0.273 e. The first kappa shape index (κ1) is 13.6. The van der Waals surface area contributed by atoms with E-state index in [0.29, 0.717) is 17.0 Å². The highest BCUT2D eigenvalue weighted by molar-refractivity contribution is 6.08. The molecule has 2 rings (SSSR count). The number of hydrogen-bond donors (Lipinski definition) is 3. The molecule has 0 aliphatic rings. The van der Waals surface area contributed by atoms with E-state index < -0.39 is 0 Å². The molecule has 0 aliphatic carbocycles. The van der Waals surface area contributed by atoms with Crippen LogP contribution in [0.15, 0.2) is 30.5 Å². The molecule has 0 unspecified atom stereocenters. The standard InChI is InChI=1S/C13H14N4O3/c1-14-13(19)11-10(7-15-17-11)16-12(18)8-3-5-9(20-2)6-4-8/h3-7H,1-2H3,(H,14,19)(H,15,17)(H,16,18). The number of H-pyrrole nitrogens is 1. The van der Waals surface area contributed by atoms with Gasteiger partial charge in [0.2, 0.25) is 0 Å². The van der Waals surface area contributed by atoms with Crippen LogP contribution in [-0.4, -0.2) is 36.2 Å². The summed E-state index contributed by atoms with van der Waals surface area (Å²) in [5.74, 6) is -0.0496. The maximum atomic E-state index is 12.0. The van der Waals surface area contributed by atoms with Crippen molar-refractivity contribution in [2.45, 2.75) is 0 Å². The van der Waals surface area contributed by atoms with Gasteiger partial charge in [-0.3, -0.25) is 14.7 Å². The molecule has 0 saturated carbocycles. The van der Waals surface area contributed by atoms with Crippen LogP contribution in [0.25, 0.3) is 0 Å². The summed E-state index contributed by atoms with van der Waals surface area (Å²) < 4.78 is 5.02. The van der Waals surface area contributed by atoms with Crippen molar-refractivity contribution < 1.29 is 14.3 Å². The zero-order valence-corrected chi connectivity index (χ0v) is 11.1. The minimum absolute atomic E-state index is 0.134. The van der Waals surface area contributed by atoms with Gasteiger partial charge in [-0.2, -0.15) is 5.10 Å². The first-order chi connectivity index (χ1) is 9.65. The number of ether oxygens (including phenoxy) is 1. The third-order valence-corrected chi connectivity index (χ3v) is 2.68. The second-order valence-electron chi connectivity index (χ2n) is 3.91. The first-order valence-corrected chi connectivity index (χ1v) is 5.87. The Bertz CT molecular complexity index is 619. The average molecular weight is 274 g/mol. The lowest BCUT2D eigenvalue weighted by Crippen LogP contribution is -2.21. The Morgan fingerprint density at radius 1 is 1.20 bits per heavy atom. The van der Waals surface area contributed by atoms with Gasteiger partial charge >= 0.3 is 0 Å². The largest absolute Gasteiger partial charge is 0.497 e. The van der Waals surface area contributed by atoms with Gasteiger partial charge < -0.3 is 15.4 Å². The molecule has 2 aromatic rings. The zero-order chi connectivity index (χ0) is 14.5. The fourth-order valence-electron chi connectivity index (χ4n) is 1.61. The molecule has 20 heavy (non-hydrogen) atoms. The fraction of sp³-hybridized carbons (Fsp3) is 0.154. The van der Waals surface area contributed by atoms with Crippen LogP contribution in [0, 0.1) is 0 Å². The van der Waals surface area contributed by atoms with Crippen molar-refractivity contribution in [2.24, 2.45) is 0 Å². The molecule has 0 fully saturated rings. The van der Waals surface area contributed by atoms with E-state index in [0.717, 1.165) is 0 Å². The van der Waals surface area contributed by atoms with Crippen molar-refractivity contribution in [1.29, 1.82) is 0 Å². The third-order valence-electron chi connectivity index (χ3n) is 2.68. The van der Waals surface area contributed by atoms with Gasteiger partial charge in [-0.05, 0) is 24.3 Å². The molecule has 104 valence electrons. The van der Waals surface area contributed by atoms with Gasteiger partial charge in [-0.25, -0.2) is 0 Å². The molecule has 2 amide bonds. The fourth-order valence-corrected chi connectivity index (χ4v) is 1.61. The van der Waals surface area contributed by atoms with Crippen molar-refractivity contribution in [3.63, 3.8) is 0 Å². The molecule has 0 saturated heterocycles. The number of aromatic nitrogens is 2. The van der Waals surface area contributed by atoms with E-state index in [1.165, 1.54) is 13.2 Å². The minimum atomic E-state index is -0.378. The Labute approximate surface area is 115 Å². The topological polar surface area (TPSA) is 96.1 Å². The van der Waals surface area contributed by atoms with Gasteiger partial charge in [0.05, 0.1) is 12.8 Å². The van der Waals surface area contributed by atoms with Crippen molar-refractivity contribution in [1.82, 2.24) is 15.5 Å². The SMILES string of the molecule is CNC(=O)c1n[nH]cc1NC(=O)c1ccc(OC)cc1. The summed E-state index contributed by atoms with van der Waals surface area (Å²) in [5.41, 5.74) is 0.911. The van der Waals surface area contributed by atoms with Gasteiger partial charge in [-0.15, -0.1) is 0 Å². The van der Waals surface area contributed by atoms with Crippen LogP contribution in [0.5, 0.6) is 5.75 Å². The number of hydrogen-bond acceptors (Lipinski definition) is 4. The van der Waals surface area contributed by atoms with E-state index in [1.54, 1.807) is 31.4 Å². The van der Waals surface area contributed by atoms with Gasteiger partial charge in [0, 0.05) is 18.8 Å². The highest BCUT2D eigenvalue weighted by Crippen LogP contribution is 2.15. The molecule has 7 nitrogen and oxygen atoms in total. The lowest BCUT2D eigenvalue weighted by atomic mass is 10.2. The van der Waals surface area contributed by atoms with E-state index in [9.17, 15) is 9.59 Å². The maximum absolute atomic E-state index is 12.0. The Hall–Kier alpha value is -2.83. The second-order valence-corrected chi connectivity index (χ2v) is 3.91. The number of nitrogens with zero attached hydrogens (tertiary/aromatic N) is 1. The molecular weight excluding hydrogens is 260 g/mol. The monoisotopic (exact) mass is 274 g/mol. The second kappa shape index (κ2) is 5.87. The van der Waals surface area contributed by atoms with Crippen LogP contribution in [0.2, 0.25) is 0 Å². The van der Waals surface area contributed by atoms with Crippen molar-refractivity contribution in [3.05, 3.63) is 41.7 Å². The molecule has 7 heteroatoms. The van der Waals surface area contributed by atoms with Crippen LogP contribution < -0.4 is 15.4 Å². The van der Waals surface area contributed by atoms with E-state index in [2.05, 4.69) is 20.8 Å². The number of amides is 2. The molecule has 0 spiro atoms. The summed E-state index contributed by atoms with van der Waals surface area (Å²) in [4.78, 5) is 23.6. The smallest absolute Gasteiger partial charge is 0.273 e. The van der Waals surface area contributed by atoms with Gasteiger partial charge in [0.1, 0.15) is 5.75 Å². The Kier molecular flexibility index (Phi) is 3.99. The molecule has 3 N–H and O–H groups in total. The van der Waals surface area contributed by atoms with Gasteiger partial charge in [0.25, 0.3) is 11.8 Å². The van der Waals surface area contributed by atoms with Crippen LogP contribution in [0.4, 0.5) is 5.69 Å². The van der Waals surface area contributed by atoms with Crippen LogP contribution in [-0.2, 0) is 0 Å². The van der Waals surface area contributed by atoms with Crippen molar-refractivity contribution in [3.8, 4) is 5.75 Å². The number of benzene rings is 1. The predicted octanol–water partition coefficient (Wildman–Crippen LogP) is 1.03. The minimum Gasteiger partial charge on any atom is -0.497 e. The number of carbonyl (C=O) groups excluding carboxylic acids is 2. The third kappa shape index (κ3) is 2.77. The normalized spacial score (nSPS) is 9.90. The molecule has 1 heterocycles. The highest BCUT2D eigenvalue weighted by atomic mass is 16.5. The summed E-state index contributed by atoms with van der Waals surface area (Å²) in [5, 5.41) is 11.4.